The van der Waals surface area contributed by atoms with Crippen LogP contribution in [0, 0.1) is 0 Å². The molecule has 1 N–H and O–H groups in total. The summed E-state index contributed by atoms with van der Waals surface area (Å²) in [5.41, 5.74) is 3.03. The zero-order valence-electron chi connectivity index (χ0n) is 16.7. The van der Waals surface area contributed by atoms with Gasteiger partial charge in [-0.25, -0.2) is 4.98 Å². The van der Waals surface area contributed by atoms with E-state index in [2.05, 4.69) is 34.2 Å². The lowest BCUT2D eigenvalue weighted by Gasteiger charge is -2.22. The summed E-state index contributed by atoms with van der Waals surface area (Å²) < 4.78 is 0. The first-order valence-corrected chi connectivity index (χ1v) is 11.3. The van der Waals surface area contributed by atoms with E-state index in [9.17, 15) is 4.79 Å². The molecule has 1 amide bonds. The molecule has 0 aliphatic carbocycles. The van der Waals surface area contributed by atoms with Gasteiger partial charge in [0.15, 0.2) is 0 Å². The number of anilines is 2. The lowest BCUT2D eigenvalue weighted by molar-refractivity contribution is 0.102. The van der Waals surface area contributed by atoms with Crippen molar-refractivity contribution in [3.05, 3.63) is 63.6 Å². The highest BCUT2D eigenvalue weighted by molar-refractivity contribution is 7.13. The SMILES string of the molecule is CN(C)C1CCN(c2ccc(NC(=O)c3csc(-c4ccc(Cl)cc4Cl)n3)cc2)C1. The maximum atomic E-state index is 12.6. The van der Waals surface area contributed by atoms with Crippen LogP contribution < -0.4 is 10.2 Å². The fourth-order valence-electron chi connectivity index (χ4n) is 3.51. The van der Waals surface area contributed by atoms with Crippen LogP contribution in [0.3, 0.4) is 0 Å². The fourth-order valence-corrected chi connectivity index (χ4v) is 4.91. The van der Waals surface area contributed by atoms with Gasteiger partial charge in [-0.15, -0.1) is 11.3 Å². The summed E-state index contributed by atoms with van der Waals surface area (Å²) in [7, 11) is 4.25. The summed E-state index contributed by atoms with van der Waals surface area (Å²) in [5.74, 6) is -0.246. The second kappa shape index (κ2) is 8.94. The average molecular weight is 461 g/mol. The third kappa shape index (κ3) is 4.62. The first-order chi connectivity index (χ1) is 14.4. The molecule has 1 saturated heterocycles. The Hall–Kier alpha value is -2.12. The van der Waals surface area contributed by atoms with E-state index in [1.807, 2.05) is 30.3 Å². The lowest BCUT2D eigenvalue weighted by Crippen LogP contribution is -2.31. The molecule has 8 heteroatoms. The molecule has 2 aromatic carbocycles. The number of nitrogens with zero attached hydrogens (tertiary/aromatic N) is 3. The number of halogens is 2. The number of thiazole rings is 1. The molecule has 1 aliphatic heterocycles. The molecular formula is C22H22Cl2N4OS. The molecule has 0 bridgehead atoms. The first kappa shape index (κ1) is 21.1. The summed E-state index contributed by atoms with van der Waals surface area (Å²) in [6.45, 7) is 2.07. The highest BCUT2D eigenvalue weighted by Gasteiger charge is 2.24. The van der Waals surface area contributed by atoms with Gasteiger partial charge in [-0.2, -0.15) is 0 Å². The van der Waals surface area contributed by atoms with Crippen molar-refractivity contribution in [1.82, 2.24) is 9.88 Å². The maximum absolute atomic E-state index is 12.6. The van der Waals surface area contributed by atoms with Crippen LogP contribution in [0.2, 0.25) is 10.0 Å². The maximum Gasteiger partial charge on any atom is 0.275 e. The molecule has 5 nitrogen and oxygen atoms in total. The number of likely N-dealkylation sites (N-methyl/N-ethyl adjacent to an activating group) is 1. The molecule has 1 aliphatic rings. The number of aromatic nitrogens is 1. The topological polar surface area (TPSA) is 48.5 Å². The first-order valence-electron chi connectivity index (χ1n) is 9.64. The van der Waals surface area contributed by atoms with Crippen LogP contribution in [0.5, 0.6) is 0 Å². The Morgan fingerprint density at radius 2 is 1.97 bits per heavy atom. The second-order valence-electron chi connectivity index (χ2n) is 7.52. The van der Waals surface area contributed by atoms with Gasteiger partial charge in [-0.3, -0.25) is 4.79 Å². The van der Waals surface area contributed by atoms with Gasteiger partial charge in [-0.1, -0.05) is 23.2 Å². The second-order valence-corrected chi connectivity index (χ2v) is 9.22. The van der Waals surface area contributed by atoms with Gasteiger partial charge in [0.2, 0.25) is 0 Å². The molecule has 1 fully saturated rings. The van der Waals surface area contributed by atoms with E-state index in [4.69, 9.17) is 23.2 Å². The Labute approximate surface area is 190 Å². The number of rotatable bonds is 5. The van der Waals surface area contributed by atoms with E-state index in [1.54, 1.807) is 17.5 Å². The van der Waals surface area contributed by atoms with Gasteiger partial charge in [-0.05, 0) is 63.0 Å². The molecule has 30 heavy (non-hydrogen) atoms. The third-order valence-electron chi connectivity index (χ3n) is 5.28. The van der Waals surface area contributed by atoms with E-state index in [0.717, 1.165) is 30.8 Å². The number of nitrogens with one attached hydrogen (secondary N) is 1. The molecule has 2 heterocycles. The number of hydrogen-bond donors (Lipinski definition) is 1. The van der Waals surface area contributed by atoms with Crippen molar-refractivity contribution in [1.29, 1.82) is 0 Å². The highest BCUT2D eigenvalue weighted by Crippen LogP contribution is 2.32. The van der Waals surface area contributed by atoms with Gasteiger partial charge in [0, 0.05) is 46.5 Å². The van der Waals surface area contributed by atoms with Crippen molar-refractivity contribution in [2.24, 2.45) is 0 Å². The quantitative estimate of drug-likeness (QED) is 0.545. The summed E-state index contributed by atoms with van der Waals surface area (Å²) in [5, 5.41) is 6.40. The average Bonchev–Trinajstić information content (AvgIpc) is 3.39. The van der Waals surface area contributed by atoms with Gasteiger partial charge >= 0.3 is 0 Å². The largest absolute Gasteiger partial charge is 0.370 e. The molecule has 0 radical (unpaired) electrons. The highest BCUT2D eigenvalue weighted by atomic mass is 35.5. The molecule has 1 unspecified atom stereocenters. The lowest BCUT2D eigenvalue weighted by atomic mass is 10.2. The zero-order chi connectivity index (χ0) is 21.3. The minimum absolute atomic E-state index is 0.246. The minimum atomic E-state index is -0.246. The number of amides is 1. The molecule has 3 aromatic rings. The van der Waals surface area contributed by atoms with Crippen molar-refractivity contribution < 1.29 is 4.79 Å². The summed E-state index contributed by atoms with van der Waals surface area (Å²) >= 11 is 13.6. The van der Waals surface area contributed by atoms with Crippen LogP contribution in [0.15, 0.2) is 47.8 Å². The zero-order valence-corrected chi connectivity index (χ0v) is 19.1. The standard InChI is InChI=1S/C22H22Cl2N4OS/c1-27(2)17-9-10-28(12-17)16-6-4-15(5-7-16)25-21(29)20-13-30-22(26-20)18-8-3-14(23)11-19(18)24/h3-8,11,13,17H,9-10,12H2,1-2H3,(H,25,29). The van der Waals surface area contributed by atoms with E-state index in [-0.39, 0.29) is 5.91 Å². The van der Waals surface area contributed by atoms with Crippen LogP contribution in [0.25, 0.3) is 10.6 Å². The smallest absolute Gasteiger partial charge is 0.275 e. The monoisotopic (exact) mass is 460 g/mol. The molecule has 0 saturated carbocycles. The van der Waals surface area contributed by atoms with Gasteiger partial charge in [0.1, 0.15) is 10.7 Å². The third-order valence-corrected chi connectivity index (χ3v) is 6.71. The van der Waals surface area contributed by atoms with E-state index < -0.39 is 0 Å². The Kier molecular flexibility index (Phi) is 6.29. The van der Waals surface area contributed by atoms with Gasteiger partial charge in [0.25, 0.3) is 5.91 Å². The number of carbonyl (C=O) groups excluding carboxylic acids is 1. The molecule has 1 aromatic heterocycles. The van der Waals surface area contributed by atoms with E-state index in [1.165, 1.54) is 17.0 Å². The van der Waals surface area contributed by atoms with Crippen LogP contribution in [0.4, 0.5) is 11.4 Å². The normalized spacial score (nSPS) is 16.3. The molecule has 0 spiro atoms. The Morgan fingerprint density at radius 3 is 2.63 bits per heavy atom. The van der Waals surface area contributed by atoms with E-state index >= 15 is 0 Å². The van der Waals surface area contributed by atoms with Crippen molar-refractivity contribution in [2.45, 2.75) is 12.5 Å². The number of carbonyl (C=O) groups is 1. The van der Waals surface area contributed by atoms with Crippen molar-refractivity contribution in [2.75, 3.05) is 37.4 Å². The fraction of sp³-hybridized carbons (Fsp3) is 0.273. The molecule has 1 atom stereocenters. The summed E-state index contributed by atoms with van der Waals surface area (Å²) in [4.78, 5) is 21.7. The Morgan fingerprint density at radius 1 is 1.20 bits per heavy atom. The summed E-state index contributed by atoms with van der Waals surface area (Å²) in [6.07, 6.45) is 1.16. The van der Waals surface area contributed by atoms with Crippen LogP contribution in [0.1, 0.15) is 16.9 Å². The minimum Gasteiger partial charge on any atom is -0.370 e. The van der Waals surface area contributed by atoms with Crippen LogP contribution >= 0.6 is 34.5 Å². The molecule has 156 valence electrons. The van der Waals surface area contributed by atoms with E-state index in [0.29, 0.717) is 26.8 Å². The van der Waals surface area contributed by atoms with Crippen molar-refractivity contribution >= 4 is 51.8 Å². The Bertz CT molecular complexity index is 1050. The van der Waals surface area contributed by atoms with Crippen molar-refractivity contribution in [3.8, 4) is 10.6 Å². The number of hydrogen-bond acceptors (Lipinski definition) is 5. The Balaban J connectivity index is 1.41. The molecular weight excluding hydrogens is 439 g/mol. The van der Waals surface area contributed by atoms with Gasteiger partial charge < -0.3 is 15.1 Å². The van der Waals surface area contributed by atoms with Gasteiger partial charge in [0.05, 0.1) is 5.02 Å². The predicted octanol–water partition coefficient (Wildman–Crippen LogP) is 5.51. The van der Waals surface area contributed by atoms with Crippen molar-refractivity contribution in [3.63, 3.8) is 0 Å². The number of benzene rings is 2. The molecule has 4 rings (SSSR count). The van der Waals surface area contributed by atoms with Crippen LogP contribution in [-0.4, -0.2) is 49.0 Å². The summed E-state index contributed by atoms with van der Waals surface area (Å²) in [6, 6.07) is 13.8. The van der Waals surface area contributed by atoms with Crippen LogP contribution in [-0.2, 0) is 0 Å². The predicted molar refractivity (Wildman–Crippen MR) is 126 cm³/mol.